The number of aliphatic hydroxyl groups is 1. The first-order valence-electron chi connectivity index (χ1n) is 4.54. The Hall–Kier alpha value is -1.69. The van der Waals surface area contributed by atoms with Crippen molar-refractivity contribution in [2.45, 2.75) is 19.9 Å². The Morgan fingerprint density at radius 1 is 1.67 bits per heavy atom. The van der Waals surface area contributed by atoms with Gasteiger partial charge in [-0.05, 0) is 19.9 Å². The normalized spacial score (nSPS) is 12.2. The second-order valence-electron chi connectivity index (χ2n) is 3.31. The number of nitro groups is 1. The fraction of sp³-hybridized carbons (Fsp3) is 0.444. The van der Waals surface area contributed by atoms with Crippen molar-refractivity contribution in [3.63, 3.8) is 0 Å². The molecule has 1 rings (SSSR count). The molecule has 15 heavy (non-hydrogen) atoms. The predicted octanol–water partition coefficient (Wildman–Crippen LogP) is 1.09. The minimum Gasteiger partial charge on any atom is -0.394 e. The molecule has 2 N–H and O–H groups in total. The van der Waals surface area contributed by atoms with Crippen molar-refractivity contribution in [1.82, 2.24) is 4.98 Å². The van der Waals surface area contributed by atoms with Gasteiger partial charge in [0.1, 0.15) is 0 Å². The molecule has 1 unspecified atom stereocenters. The van der Waals surface area contributed by atoms with Crippen molar-refractivity contribution in [2.75, 3.05) is 11.9 Å². The quantitative estimate of drug-likeness (QED) is 0.575. The largest absolute Gasteiger partial charge is 0.394 e. The lowest BCUT2D eigenvalue weighted by Gasteiger charge is -2.11. The van der Waals surface area contributed by atoms with Gasteiger partial charge in [0.15, 0.2) is 0 Å². The molecule has 1 aromatic heterocycles. The van der Waals surface area contributed by atoms with Gasteiger partial charge in [-0.2, -0.15) is 0 Å². The van der Waals surface area contributed by atoms with Crippen LogP contribution in [0.2, 0.25) is 0 Å². The Labute approximate surface area is 87.1 Å². The molecule has 0 radical (unpaired) electrons. The zero-order valence-electron chi connectivity index (χ0n) is 8.60. The first kappa shape index (κ1) is 11.4. The van der Waals surface area contributed by atoms with Gasteiger partial charge in [0.2, 0.25) is 5.82 Å². The van der Waals surface area contributed by atoms with Gasteiger partial charge in [0, 0.05) is 17.8 Å². The summed E-state index contributed by atoms with van der Waals surface area (Å²) >= 11 is 0. The lowest BCUT2D eigenvalue weighted by molar-refractivity contribution is -0.384. The van der Waals surface area contributed by atoms with E-state index in [2.05, 4.69) is 10.3 Å². The van der Waals surface area contributed by atoms with Gasteiger partial charge >= 0.3 is 5.69 Å². The van der Waals surface area contributed by atoms with Crippen LogP contribution in [0.4, 0.5) is 11.5 Å². The van der Waals surface area contributed by atoms with Crippen molar-refractivity contribution in [2.24, 2.45) is 0 Å². The number of pyridine rings is 1. The molecule has 0 saturated heterocycles. The molecule has 1 heterocycles. The number of rotatable bonds is 4. The lowest BCUT2D eigenvalue weighted by atomic mass is 10.3. The highest BCUT2D eigenvalue weighted by Crippen LogP contribution is 2.22. The van der Waals surface area contributed by atoms with E-state index >= 15 is 0 Å². The Morgan fingerprint density at radius 2 is 2.33 bits per heavy atom. The molecular formula is C9H13N3O3. The predicted molar refractivity (Wildman–Crippen MR) is 55.8 cm³/mol. The van der Waals surface area contributed by atoms with Crippen LogP contribution in [0.25, 0.3) is 0 Å². The monoisotopic (exact) mass is 211 g/mol. The Bertz CT molecular complexity index is 368. The summed E-state index contributed by atoms with van der Waals surface area (Å²) in [6.45, 7) is 3.36. The van der Waals surface area contributed by atoms with Crippen LogP contribution >= 0.6 is 0 Å². The van der Waals surface area contributed by atoms with E-state index in [-0.39, 0.29) is 24.2 Å². The van der Waals surface area contributed by atoms with E-state index in [0.29, 0.717) is 5.69 Å². The van der Waals surface area contributed by atoms with E-state index in [9.17, 15) is 10.1 Å². The third kappa shape index (κ3) is 2.88. The van der Waals surface area contributed by atoms with E-state index in [1.165, 1.54) is 6.07 Å². The number of aromatic nitrogens is 1. The average Bonchev–Trinajstić information content (AvgIpc) is 2.17. The summed E-state index contributed by atoms with van der Waals surface area (Å²) in [7, 11) is 0. The maximum atomic E-state index is 10.7. The van der Waals surface area contributed by atoms with E-state index in [1.54, 1.807) is 19.9 Å². The lowest BCUT2D eigenvalue weighted by Crippen LogP contribution is -2.21. The van der Waals surface area contributed by atoms with Gasteiger partial charge < -0.3 is 10.4 Å². The van der Waals surface area contributed by atoms with E-state index in [1.807, 2.05) is 0 Å². The number of aryl methyl sites for hydroxylation is 1. The Morgan fingerprint density at radius 3 is 2.87 bits per heavy atom. The number of hydrogen-bond acceptors (Lipinski definition) is 5. The molecule has 0 amide bonds. The smallest absolute Gasteiger partial charge is 0.311 e. The third-order valence-electron chi connectivity index (χ3n) is 1.87. The van der Waals surface area contributed by atoms with Gasteiger partial charge in [-0.3, -0.25) is 10.1 Å². The fourth-order valence-electron chi connectivity index (χ4n) is 1.08. The first-order chi connectivity index (χ1) is 7.04. The molecular weight excluding hydrogens is 198 g/mol. The summed E-state index contributed by atoms with van der Waals surface area (Å²) in [6.07, 6.45) is 0. The zero-order chi connectivity index (χ0) is 11.4. The summed E-state index contributed by atoms with van der Waals surface area (Å²) in [6, 6.07) is 2.71. The summed E-state index contributed by atoms with van der Waals surface area (Å²) in [5.74, 6) is 0.196. The number of aliphatic hydroxyl groups excluding tert-OH is 1. The molecule has 0 aromatic carbocycles. The molecule has 0 saturated carbocycles. The molecule has 0 aliphatic heterocycles. The average molecular weight is 211 g/mol. The molecule has 6 nitrogen and oxygen atoms in total. The van der Waals surface area contributed by atoms with Crippen molar-refractivity contribution >= 4 is 11.5 Å². The third-order valence-corrected chi connectivity index (χ3v) is 1.87. The molecule has 1 atom stereocenters. The summed E-state index contributed by atoms with van der Waals surface area (Å²) in [5, 5.41) is 22.3. The molecule has 1 aromatic rings. The van der Waals surface area contributed by atoms with Crippen LogP contribution < -0.4 is 5.32 Å². The molecule has 82 valence electrons. The van der Waals surface area contributed by atoms with Crippen LogP contribution in [0.15, 0.2) is 12.1 Å². The van der Waals surface area contributed by atoms with Gasteiger partial charge in [-0.15, -0.1) is 0 Å². The summed E-state index contributed by atoms with van der Waals surface area (Å²) in [5.41, 5.74) is 0.606. The second kappa shape index (κ2) is 4.70. The fourth-order valence-corrected chi connectivity index (χ4v) is 1.08. The number of anilines is 1. The standard InChI is InChI=1S/C9H13N3O3/c1-6-3-4-8(12(14)15)9(10-6)11-7(2)5-13/h3-4,7,13H,5H2,1-2H3,(H,10,11). The minimum absolute atomic E-state index is 0.0825. The topological polar surface area (TPSA) is 88.3 Å². The SMILES string of the molecule is Cc1ccc([N+](=O)[O-])c(NC(C)CO)n1. The van der Waals surface area contributed by atoms with Crippen LogP contribution in [0.1, 0.15) is 12.6 Å². The number of nitrogens with one attached hydrogen (secondary N) is 1. The van der Waals surface area contributed by atoms with Crippen molar-refractivity contribution in [3.8, 4) is 0 Å². The van der Waals surface area contributed by atoms with Crippen LogP contribution in [0.3, 0.4) is 0 Å². The van der Waals surface area contributed by atoms with E-state index < -0.39 is 4.92 Å². The van der Waals surface area contributed by atoms with E-state index in [0.717, 1.165) is 0 Å². The second-order valence-corrected chi connectivity index (χ2v) is 3.31. The number of hydrogen-bond donors (Lipinski definition) is 2. The molecule has 0 fully saturated rings. The highest BCUT2D eigenvalue weighted by atomic mass is 16.6. The molecule has 0 aliphatic carbocycles. The van der Waals surface area contributed by atoms with Gasteiger partial charge in [-0.1, -0.05) is 0 Å². The van der Waals surface area contributed by atoms with Crippen molar-refractivity contribution in [1.29, 1.82) is 0 Å². The maximum absolute atomic E-state index is 10.7. The zero-order valence-corrected chi connectivity index (χ0v) is 8.60. The highest BCUT2D eigenvalue weighted by molar-refractivity contribution is 5.56. The molecule has 0 bridgehead atoms. The van der Waals surface area contributed by atoms with Gasteiger partial charge in [0.25, 0.3) is 0 Å². The Kier molecular flexibility index (Phi) is 3.56. The van der Waals surface area contributed by atoms with Gasteiger partial charge in [-0.25, -0.2) is 4.98 Å². The van der Waals surface area contributed by atoms with Crippen LogP contribution in [-0.2, 0) is 0 Å². The highest BCUT2D eigenvalue weighted by Gasteiger charge is 2.16. The first-order valence-corrected chi connectivity index (χ1v) is 4.54. The minimum atomic E-state index is -0.501. The summed E-state index contributed by atoms with van der Waals surface area (Å²) in [4.78, 5) is 14.2. The Balaban J connectivity index is 3.02. The van der Waals surface area contributed by atoms with Crippen LogP contribution in [0, 0.1) is 17.0 Å². The van der Waals surface area contributed by atoms with Crippen LogP contribution in [-0.4, -0.2) is 27.7 Å². The maximum Gasteiger partial charge on any atom is 0.311 e. The number of nitrogens with zero attached hydrogens (tertiary/aromatic N) is 2. The van der Waals surface area contributed by atoms with Crippen molar-refractivity contribution in [3.05, 3.63) is 27.9 Å². The molecule has 6 heteroatoms. The van der Waals surface area contributed by atoms with Gasteiger partial charge in [0.05, 0.1) is 11.5 Å². The van der Waals surface area contributed by atoms with Crippen molar-refractivity contribution < 1.29 is 10.0 Å². The van der Waals surface area contributed by atoms with E-state index in [4.69, 9.17) is 5.11 Å². The van der Waals surface area contributed by atoms with Crippen LogP contribution in [0.5, 0.6) is 0 Å². The molecule has 0 aliphatic rings. The molecule has 0 spiro atoms. The summed E-state index contributed by atoms with van der Waals surface area (Å²) < 4.78 is 0.